The molecule has 3 nitrogen and oxygen atoms in total. The van der Waals surface area contributed by atoms with Crippen molar-refractivity contribution < 1.29 is 4.42 Å². The molecule has 3 heteroatoms. The normalized spacial score (nSPS) is 11.6. The molecule has 0 bridgehead atoms. The van der Waals surface area contributed by atoms with Crippen LogP contribution < -0.4 is 4.90 Å². The second-order valence-corrected chi connectivity index (χ2v) is 18.8. The number of benzene rings is 12. The van der Waals surface area contributed by atoms with Gasteiger partial charge in [0.1, 0.15) is 11.2 Å². The van der Waals surface area contributed by atoms with Crippen molar-refractivity contribution in [3.05, 3.63) is 279 Å². The molecule has 0 amide bonds. The Bertz CT molecular complexity index is 4300. The lowest BCUT2D eigenvalue weighted by Gasteiger charge is -2.29. The van der Waals surface area contributed by atoms with Crippen LogP contribution in [0.4, 0.5) is 17.1 Å². The van der Waals surface area contributed by atoms with E-state index in [-0.39, 0.29) is 0 Å². The average Bonchev–Trinajstić information content (AvgIpc) is 4.03. The summed E-state index contributed by atoms with van der Waals surface area (Å²) in [6, 6.07) is 101. The Morgan fingerprint density at radius 1 is 0.274 bits per heavy atom. The SMILES string of the molecule is c1ccc(-c2cc(-c3ccc4ccccc4c3)ccc2N(c2ccc(-c3cccc(-n4c5ccccc5c5ccccc54)c3)cc2)c2ccc(-c3cccc4c3oc3c(-c5ccccc5)cccc34)cc2)cc1. The Morgan fingerprint density at radius 3 is 1.37 bits per heavy atom. The Morgan fingerprint density at radius 2 is 0.726 bits per heavy atom. The summed E-state index contributed by atoms with van der Waals surface area (Å²) in [4.78, 5) is 2.41. The molecular weight excluding hydrogens is 885 g/mol. The lowest BCUT2D eigenvalue weighted by molar-refractivity contribution is 0.671. The fourth-order valence-electron chi connectivity index (χ4n) is 11.1. The van der Waals surface area contributed by atoms with E-state index in [1.807, 2.05) is 0 Å². The number of furan rings is 1. The maximum absolute atomic E-state index is 6.88. The molecule has 14 aromatic rings. The molecule has 0 spiro atoms. The minimum Gasteiger partial charge on any atom is -0.455 e. The number of hydrogen-bond acceptors (Lipinski definition) is 2. The van der Waals surface area contributed by atoms with Gasteiger partial charge in [0.05, 0.1) is 16.7 Å². The van der Waals surface area contributed by atoms with E-state index < -0.39 is 0 Å². The highest BCUT2D eigenvalue weighted by Gasteiger charge is 2.21. The number of hydrogen-bond donors (Lipinski definition) is 0. The summed E-state index contributed by atoms with van der Waals surface area (Å²) in [5.74, 6) is 0. The smallest absolute Gasteiger partial charge is 0.143 e. The van der Waals surface area contributed by atoms with Gasteiger partial charge in [0.25, 0.3) is 0 Å². The molecule has 0 aliphatic heterocycles. The molecule has 73 heavy (non-hydrogen) atoms. The molecule has 2 heterocycles. The summed E-state index contributed by atoms with van der Waals surface area (Å²) in [7, 11) is 0. The summed E-state index contributed by atoms with van der Waals surface area (Å²) in [6.07, 6.45) is 0. The molecule has 0 N–H and O–H groups in total. The number of aromatic nitrogens is 1. The highest BCUT2D eigenvalue weighted by atomic mass is 16.3. The lowest BCUT2D eigenvalue weighted by atomic mass is 9.94. The highest BCUT2D eigenvalue weighted by Crippen LogP contribution is 2.45. The first-order valence-electron chi connectivity index (χ1n) is 25.0. The third kappa shape index (κ3) is 7.37. The van der Waals surface area contributed by atoms with Gasteiger partial charge < -0.3 is 13.9 Å². The molecule has 14 rings (SSSR count). The topological polar surface area (TPSA) is 21.3 Å². The standard InChI is InChI=1S/C70H46N2O/c1-3-17-49(18-4-1)59-26-14-28-63-64-29-15-27-60(70(64)73-69(59)63)51-36-41-57(42-37-51)71(68-43-38-55(46-65(68)50-19-5-2-6-20-50)54-33-32-47-16-7-8-21-52(47)44-54)56-39-34-48(35-40-56)53-22-13-23-58(45-53)72-66-30-11-9-24-61(66)62-25-10-12-31-67(62)72/h1-46H. The lowest BCUT2D eigenvalue weighted by Crippen LogP contribution is -2.11. The van der Waals surface area contributed by atoms with Crippen LogP contribution in [-0.2, 0) is 0 Å². The van der Waals surface area contributed by atoms with Gasteiger partial charge in [-0.25, -0.2) is 0 Å². The van der Waals surface area contributed by atoms with Gasteiger partial charge in [0.15, 0.2) is 0 Å². The van der Waals surface area contributed by atoms with Crippen molar-refractivity contribution in [2.24, 2.45) is 0 Å². The first-order valence-corrected chi connectivity index (χ1v) is 25.0. The van der Waals surface area contributed by atoms with E-state index >= 15 is 0 Å². The Hall–Kier alpha value is -9.70. The third-order valence-corrected chi connectivity index (χ3v) is 14.6. The zero-order chi connectivity index (χ0) is 48.2. The van der Waals surface area contributed by atoms with E-state index in [4.69, 9.17) is 4.42 Å². The third-order valence-electron chi connectivity index (χ3n) is 14.6. The number of para-hydroxylation sites is 4. The summed E-state index contributed by atoms with van der Waals surface area (Å²) in [6.45, 7) is 0. The van der Waals surface area contributed by atoms with E-state index in [0.717, 1.165) is 94.8 Å². The van der Waals surface area contributed by atoms with Crippen LogP contribution in [0.3, 0.4) is 0 Å². The fraction of sp³-hybridized carbons (Fsp3) is 0. The van der Waals surface area contributed by atoms with Gasteiger partial charge in [0, 0.05) is 55.3 Å². The van der Waals surface area contributed by atoms with Crippen LogP contribution in [0, 0.1) is 0 Å². The van der Waals surface area contributed by atoms with E-state index in [0.29, 0.717) is 0 Å². The first-order chi connectivity index (χ1) is 36.2. The molecule has 0 saturated carbocycles. The van der Waals surface area contributed by atoms with Crippen molar-refractivity contribution in [2.45, 2.75) is 0 Å². The van der Waals surface area contributed by atoms with Crippen molar-refractivity contribution in [1.29, 1.82) is 0 Å². The van der Waals surface area contributed by atoms with E-state index in [1.54, 1.807) is 0 Å². The number of fused-ring (bicyclic) bond motifs is 7. The summed E-state index contributed by atoms with van der Waals surface area (Å²) in [5, 5.41) is 7.19. The molecule has 0 radical (unpaired) electrons. The first kappa shape index (κ1) is 42.2. The van der Waals surface area contributed by atoms with Crippen LogP contribution in [0.25, 0.3) is 116 Å². The molecule has 0 saturated heterocycles. The van der Waals surface area contributed by atoms with Gasteiger partial charge in [-0.05, 0) is 116 Å². The van der Waals surface area contributed by atoms with Crippen LogP contribution in [0.2, 0.25) is 0 Å². The molecular formula is C70H46N2O. The average molecular weight is 931 g/mol. The van der Waals surface area contributed by atoms with E-state index in [9.17, 15) is 0 Å². The predicted molar refractivity (Wildman–Crippen MR) is 307 cm³/mol. The molecule has 2 aromatic heterocycles. The van der Waals surface area contributed by atoms with Gasteiger partial charge in [-0.15, -0.1) is 0 Å². The van der Waals surface area contributed by atoms with Gasteiger partial charge >= 0.3 is 0 Å². The van der Waals surface area contributed by atoms with Gasteiger partial charge in [-0.1, -0.05) is 212 Å². The van der Waals surface area contributed by atoms with Crippen molar-refractivity contribution >= 4 is 71.6 Å². The molecule has 12 aromatic carbocycles. The van der Waals surface area contributed by atoms with Crippen LogP contribution in [0.15, 0.2) is 283 Å². The molecule has 0 aliphatic rings. The van der Waals surface area contributed by atoms with Gasteiger partial charge in [-0.2, -0.15) is 0 Å². The molecule has 0 unspecified atom stereocenters. The van der Waals surface area contributed by atoms with Crippen molar-refractivity contribution in [3.63, 3.8) is 0 Å². The Balaban J connectivity index is 0.898. The molecule has 0 atom stereocenters. The number of anilines is 3. The predicted octanol–water partition coefficient (Wildman–Crippen LogP) is 19.6. The summed E-state index contributed by atoms with van der Waals surface area (Å²) in [5.41, 5.74) is 19.8. The zero-order valence-corrected chi connectivity index (χ0v) is 39.9. The van der Waals surface area contributed by atoms with Crippen LogP contribution in [0.1, 0.15) is 0 Å². The Kier molecular flexibility index (Phi) is 10.2. The van der Waals surface area contributed by atoms with E-state index in [1.165, 1.54) is 38.1 Å². The molecule has 0 fully saturated rings. The second kappa shape index (κ2) is 17.6. The van der Waals surface area contributed by atoms with Gasteiger partial charge in [-0.3, -0.25) is 0 Å². The number of rotatable bonds is 9. The second-order valence-electron chi connectivity index (χ2n) is 18.8. The summed E-state index contributed by atoms with van der Waals surface area (Å²) >= 11 is 0. The highest BCUT2D eigenvalue weighted by molar-refractivity contribution is 6.13. The minimum absolute atomic E-state index is 0.888. The maximum Gasteiger partial charge on any atom is 0.143 e. The van der Waals surface area contributed by atoms with Crippen molar-refractivity contribution in [1.82, 2.24) is 4.57 Å². The number of nitrogens with zero attached hydrogens (tertiary/aromatic N) is 2. The largest absolute Gasteiger partial charge is 0.455 e. The monoisotopic (exact) mass is 930 g/mol. The van der Waals surface area contributed by atoms with Crippen LogP contribution in [-0.4, -0.2) is 4.57 Å². The maximum atomic E-state index is 6.88. The van der Waals surface area contributed by atoms with Gasteiger partial charge in [0.2, 0.25) is 0 Å². The summed E-state index contributed by atoms with van der Waals surface area (Å²) < 4.78 is 9.26. The molecule has 0 aliphatic carbocycles. The van der Waals surface area contributed by atoms with Crippen molar-refractivity contribution in [2.75, 3.05) is 4.90 Å². The fourth-order valence-corrected chi connectivity index (χ4v) is 11.1. The minimum atomic E-state index is 0.888. The molecule has 342 valence electrons. The Labute approximate surface area is 423 Å². The van der Waals surface area contributed by atoms with Crippen molar-refractivity contribution in [3.8, 4) is 61.3 Å². The van der Waals surface area contributed by atoms with Crippen LogP contribution in [0.5, 0.6) is 0 Å². The zero-order valence-electron chi connectivity index (χ0n) is 39.9. The van der Waals surface area contributed by atoms with Crippen LogP contribution >= 0.6 is 0 Å². The quantitative estimate of drug-likeness (QED) is 0.144. The van der Waals surface area contributed by atoms with E-state index in [2.05, 4.69) is 289 Å².